The number of primary sulfonamides is 1. The monoisotopic (exact) mass is 277 g/mol. The van der Waals surface area contributed by atoms with Crippen LogP contribution in [0.1, 0.15) is 0 Å². The zero-order chi connectivity index (χ0) is 13.7. The molecule has 2 aromatic carbocycles. The molecule has 0 radical (unpaired) electrons. The molecule has 100 valence electrons. The molecule has 2 N–H and O–H groups in total. The summed E-state index contributed by atoms with van der Waals surface area (Å²) in [4.78, 5) is 0. The zero-order valence-corrected chi connectivity index (χ0v) is 11.1. The summed E-state index contributed by atoms with van der Waals surface area (Å²) in [6.45, 7) is 0.0590. The lowest BCUT2D eigenvalue weighted by atomic mass is 10.1. The third-order valence-electron chi connectivity index (χ3n) is 2.60. The molecule has 19 heavy (non-hydrogen) atoms. The van der Waals surface area contributed by atoms with Gasteiger partial charge in [0.25, 0.3) is 0 Å². The van der Waals surface area contributed by atoms with Gasteiger partial charge in [0.2, 0.25) is 10.0 Å². The highest BCUT2D eigenvalue weighted by molar-refractivity contribution is 7.89. The number of hydrogen-bond donors (Lipinski definition) is 1. The molecule has 4 nitrogen and oxygen atoms in total. The highest BCUT2D eigenvalue weighted by atomic mass is 32.2. The van der Waals surface area contributed by atoms with E-state index in [9.17, 15) is 8.42 Å². The summed E-state index contributed by atoms with van der Waals surface area (Å²) in [6, 6.07) is 17.5. The molecule has 0 atom stereocenters. The molecule has 0 aliphatic rings. The standard InChI is InChI=1S/C14H15NO3S/c15-19(16,17)11-10-18-14-8-6-13(7-9-14)12-4-2-1-3-5-12/h1-9H,10-11H2,(H2,15,16,17). The minimum atomic E-state index is -3.47. The summed E-state index contributed by atoms with van der Waals surface area (Å²) in [5.74, 6) is 0.441. The number of nitrogens with two attached hydrogens (primary N) is 1. The van der Waals surface area contributed by atoms with Crippen LogP contribution in [-0.2, 0) is 10.0 Å². The Bertz CT molecular complexity index is 622. The largest absolute Gasteiger partial charge is 0.492 e. The number of benzene rings is 2. The second kappa shape index (κ2) is 5.86. The van der Waals surface area contributed by atoms with Gasteiger partial charge in [-0.05, 0) is 23.3 Å². The molecular weight excluding hydrogens is 262 g/mol. The summed E-state index contributed by atoms with van der Waals surface area (Å²) in [6.07, 6.45) is 0. The van der Waals surface area contributed by atoms with E-state index in [-0.39, 0.29) is 12.4 Å². The Kier molecular flexibility index (Phi) is 4.19. The van der Waals surface area contributed by atoms with Crippen molar-refractivity contribution in [2.45, 2.75) is 0 Å². The van der Waals surface area contributed by atoms with Crippen LogP contribution in [0.15, 0.2) is 54.6 Å². The molecule has 0 aliphatic heterocycles. The molecule has 5 heteroatoms. The van der Waals surface area contributed by atoms with E-state index >= 15 is 0 Å². The SMILES string of the molecule is NS(=O)(=O)CCOc1ccc(-c2ccccc2)cc1. The topological polar surface area (TPSA) is 69.4 Å². The average Bonchev–Trinajstić information content (AvgIpc) is 2.39. The van der Waals surface area contributed by atoms with E-state index in [0.29, 0.717) is 5.75 Å². The Morgan fingerprint density at radius 1 is 0.895 bits per heavy atom. The first-order chi connectivity index (χ1) is 9.04. The Morgan fingerprint density at radius 3 is 2.05 bits per heavy atom. The summed E-state index contributed by atoms with van der Waals surface area (Å²) >= 11 is 0. The van der Waals surface area contributed by atoms with Crippen LogP contribution < -0.4 is 9.88 Å². The van der Waals surface area contributed by atoms with Gasteiger partial charge in [0.15, 0.2) is 0 Å². The van der Waals surface area contributed by atoms with Crippen molar-refractivity contribution in [3.63, 3.8) is 0 Å². The highest BCUT2D eigenvalue weighted by Crippen LogP contribution is 2.21. The molecular formula is C14H15NO3S. The zero-order valence-electron chi connectivity index (χ0n) is 10.3. The van der Waals surface area contributed by atoms with Gasteiger partial charge in [0.05, 0.1) is 5.75 Å². The smallest absolute Gasteiger partial charge is 0.212 e. The van der Waals surface area contributed by atoms with Crippen molar-refractivity contribution >= 4 is 10.0 Å². The minimum absolute atomic E-state index is 0.0590. The van der Waals surface area contributed by atoms with Crippen molar-refractivity contribution in [3.05, 3.63) is 54.6 Å². The van der Waals surface area contributed by atoms with Crippen molar-refractivity contribution in [2.75, 3.05) is 12.4 Å². The van der Waals surface area contributed by atoms with Crippen LogP contribution in [0, 0.1) is 0 Å². The van der Waals surface area contributed by atoms with E-state index in [0.717, 1.165) is 11.1 Å². The predicted octanol–water partition coefficient (Wildman–Crippen LogP) is 2.02. The van der Waals surface area contributed by atoms with Crippen molar-refractivity contribution < 1.29 is 13.2 Å². The molecule has 0 unspecified atom stereocenters. The molecule has 2 rings (SSSR count). The molecule has 0 spiro atoms. The van der Waals surface area contributed by atoms with Gasteiger partial charge in [0, 0.05) is 0 Å². The van der Waals surface area contributed by atoms with Crippen LogP contribution >= 0.6 is 0 Å². The van der Waals surface area contributed by atoms with Crippen molar-refractivity contribution in [1.29, 1.82) is 0 Å². The Labute approximate surface area is 112 Å². The molecule has 0 fully saturated rings. The third kappa shape index (κ3) is 4.39. The second-order valence-corrected chi connectivity index (χ2v) is 5.84. The highest BCUT2D eigenvalue weighted by Gasteiger charge is 2.03. The fourth-order valence-corrected chi connectivity index (χ4v) is 1.97. The van der Waals surface area contributed by atoms with Crippen LogP contribution in [0.4, 0.5) is 0 Å². The molecule has 0 heterocycles. The van der Waals surface area contributed by atoms with Gasteiger partial charge in [-0.25, -0.2) is 13.6 Å². The molecule has 0 aliphatic carbocycles. The first-order valence-corrected chi connectivity index (χ1v) is 7.55. The van der Waals surface area contributed by atoms with E-state index in [1.807, 2.05) is 54.6 Å². The third-order valence-corrected chi connectivity index (χ3v) is 3.33. The van der Waals surface area contributed by atoms with Crippen LogP contribution in [0.5, 0.6) is 5.75 Å². The van der Waals surface area contributed by atoms with Crippen LogP contribution in [-0.4, -0.2) is 20.8 Å². The Balaban J connectivity index is 1.99. The van der Waals surface area contributed by atoms with Gasteiger partial charge in [-0.15, -0.1) is 0 Å². The lowest BCUT2D eigenvalue weighted by Gasteiger charge is -2.06. The van der Waals surface area contributed by atoms with Gasteiger partial charge in [-0.2, -0.15) is 0 Å². The fraction of sp³-hybridized carbons (Fsp3) is 0.143. The average molecular weight is 277 g/mol. The van der Waals surface area contributed by atoms with Gasteiger partial charge < -0.3 is 4.74 Å². The second-order valence-electron chi connectivity index (χ2n) is 4.11. The van der Waals surface area contributed by atoms with E-state index in [1.54, 1.807) is 0 Å². The summed E-state index contributed by atoms with van der Waals surface area (Å²) in [7, 11) is -3.47. The van der Waals surface area contributed by atoms with E-state index in [1.165, 1.54) is 0 Å². The molecule has 0 amide bonds. The minimum Gasteiger partial charge on any atom is -0.492 e. The number of hydrogen-bond acceptors (Lipinski definition) is 3. The quantitative estimate of drug-likeness (QED) is 0.909. The van der Waals surface area contributed by atoms with Gasteiger partial charge in [-0.3, -0.25) is 0 Å². The predicted molar refractivity (Wildman–Crippen MR) is 75.3 cm³/mol. The maximum absolute atomic E-state index is 10.8. The maximum Gasteiger partial charge on any atom is 0.212 e. The molecule has 0 saturated heterocycles. The molecule has 0 bridgehead atoms. The van der Waals surface area contributed by atoms with Crippen LogP contribution in [0.25, 0.3) is 11.1 Å². The van der Waals surface area contributed by atoms with Crippen molar-refractivity contribution in [2.24, 2.45) is 5.14 Å². The summed E-state index contributed by atoms with van der Waals surface area (Å²) < 4.78 is 26.8. The first kappa shape index (κ1) is 13.6. The maximum atomic E-state index is 10.8. The first-order valence-electron chi connectivity index (χ1n) is 5.83. The molecule has 2 aromatic rings. The normalized spacial score (nSPS) is 11.2. The van der Waals surface area contributed by atoms with Crippen molar-refractivity contribution in [3.8, 4) is 16.9 Å². The van der Waals surface area contributed by atoms with E-state index in [2.05, 4.69) is 0 Å². The van der Waals surface area contributed by atoms with Crippen LogP contribution in [0.3, 0.4) is 0 Å². The fourth-order valence-electron chi connectivity index (χ4n) is 1.65. The molecule has 0 aromatic heterocycles. The Morgan fingerprint density at radius 2 is 1.47 bits per heavy atom. The van der Waals surface area contributed by atoms with Crippen molar-refractivity contribution in [1.82, 2.24) is 0 Å². The van der Waals surface area contributed by atoms with Gasteiger partial charge in [-0.1, -0.05) is 42.5 Å². The number of ether oxygens (including phenoxy) is 1. The lowest BCUT2D eigenvalue weighted by molar-refractivity contribution is 0.341. The number of rotatable bonds is 5. The van der Waals surface area contributed by atoms with Gasteiger partial charge >= 0.3 is 0 Å². The Hall–Kier alpha value is -1.85. The van der Waals surface area contributed by atoms with E-state index < -0.39 is 10.0 Å². The number of sulfonamides is 1. The van der Waals surface area contributed by atoms with Gasteiger partial charge in [0.1, 0.15) is 12.4 Å². The summed E-state index contributed by atoms with van der Waals surface area (Å²) in [5.41, 5.74) is 2.21. The van der Waals surface area contributed by atoms with Crippen LogP contribution in [0.2, 0.25) is 0 Å². The summed E-state index contributed by atoms with van der Waals surface area (Å²) in [5, 5.41) is 4.89. The van der Waals surface area contributed by atoms with E-state index in [4.69, 9.17) is 9.88 Å². The molecule has 0 saturated carbocycles. The lowest BCUT2D eigenvalue weighted by Crippen LogP contribution is -2.21.